The van der Waals surface area contributed by atoms with E-state index in [1.165, 1.54) is 12.1 Å². The summed E-state index contributed by atoms with van der Waals surface area (Å²) in [7, 11) is 0. The quantitative estimate of drug-likeness (QED) is 0.336. The molecule has 0 aromatic heterocycles. The van der Waals surface area contributed by atoms with Gasteiger partial charge >= 0.3 is 5.97 Å². The Hall–Kier alpha value is -1.59. The van der Waals surface area contributed by atoms with Crippen molar-refractivity contribution in [2.24, 2.45) is 0 Å². The maximum absolute atomic E-state index is 10.7. The number of rotatable bonds is 6. The van der Waals surface area contributed by atoms with Crippen LogP contribution in [-0.2, 0) is 9.62 Å². The molecule has 0 aliphatic carbocycles. The summed E-state index contributed by atoms with van der Waals surface area (Å²) in [6.07, 6.45) is 0. The molecule has 5 nitrogen and oxygen atoms in total. The van der Waals surface area contributed by atoms with Gasteiger partial charge in [0.05, 0.1) is 0 Å². The number of aromatic carboxylic acids is 1. The molecule has 1 aromatic carbocycles. The van der Waals surface area contributed by atoms with Crippen molar-refractivity contribution >= 4 is 5.97 Å². The third-order valence-corrected chi connectivity index (χ3v) is 1.60. The molecular formula is C10H12O5. The van der Waals surface area contributed by atoms with Crippen molar-refractivity contribution in [3.63, 3.8) is 0 Å². The topological polar surface area (TPSA) is 65.0 Å². The van der Waals surface area contributed by atoms with Crippen molar-refractivity contribution in [2.75, 3.05) is 13.4 Å². The number of carbonyl (C=O) groups is 1. The van der Waals surface area contributed by atoms with E-state index in [0.717, 1.165) is 0 Å². The van der Waals surface area contributed by atoms with Crippen molar-refractivity contribution < 1.29 is 24.4 Å². The van der Waals surface area contributed by atoms with E-state index in [-0.39, 0.29) is 18.1 Å². The molecule has 5 heteroatoms. The molecular weight excluding hydrogens is 200 g/mol. The van der Waals surface area contributed by atoms with Gasteiger partial charge in [0.2, 0.25) is 0 Å². The summed E-state index contributed by atoms with van der Waals surface area (Å²) < 4.78 is 4.86. The van der Waals surface area contributed by atoms with Crippen LogP contribution >= 0.6 is 0 Å². The van der Waals surface area contributed by atoms with Crippen LogP contribution in [0.4, 0.5) is 0 Å². The first-order valence-corrected chi connectivity index (χ1v) is 4.45. The lowest BCUT2D eigenvalue weighted by molar-refractivity contribution is -0.265. The van der Waals surface area contributed by atoms with Gasteiger partial charge in [-0.05, 0) is 19.1 Å². The first-order valence-electron chi connectivity index (χ1n) is 4.45. The molecule has 0 heterocycles. The summed E-state index contributed by atoms with van der Waals surface area (Å²) in [6.45, 7) is 2.28. The van der Waals surface area contributed by atoms with Crippen LogP contribution in [0.15, 0.2) is 24.3 Å². The number of para-hydroxylation sites is 1. The van der Waals surface area contributed by atoms with Gasteiger partial charge in [-0.1, -0.05) is 12.1 Å². The summed E-state index contributed by atoms with van der Waals surface area (Å²) >= 11 is 0. The van der Waals surface area contributed by atoms with Gasteiger partial charge in [0.25, 0.3) is 0 Å². The Bertz CT molecular complexity index is 323. The van der Waals surface area contributed by atoms with Crippen LogP contribution in [0, 0.1) is 0 Å². The molecule has 0 amide bonds. The highest BCUT2D eigenvalue weighted by atomic mass is 17.2. The Morgan fingerprint density at radius 2 is 2.13 bits per heavy atom. The van der Waals surface area contributed by atoms with Crippen LogP contribution in [0.2, 0.25) is 0 Å². The molecule has 0 radical (unpaired) electrons. The third-order valence-electron chi connectivity index (χ3n) is 1.60. The van der Waals surface area contributed by atoms with Crippen LogP contribution in [0.5, 0.6) is 5.75 Å². The summed E-state index contributed by atoms with van der Waals surface area (Å²) in [4.78, 5) is 20.2. The molecule has 0 atom stereocenters. The smallest absolute Gasteiger partial charge is 0.339 e. The van der Waals surface area contributed by atoms with Crippen molar-refractivity contribution in [3.8, 4) is 5.75 Å². The van der Waals surface area contributed by atoms with E-state index in [1.54, 1.807) is 12.1 Å². The minimum atomic E-state index is -1.06. The largest absolute Gasteiger partial charge is 0.478 e. The Labute approximate surface area is 87.1 Å². The maximum atomic E-state index is 10.7. The lowest BCUT2D eigenvalue weighted by Crippen LogP contribution is -2.06. The minimum Gasteiger partial charge on any atom is -0.478 e. The van der Waals surface area contributed by atoms with Gasteiger partial charge in [-0.25, -0.2) is 4.79 Å². The van der Waals surface area contributed by atoms with Gasteiger partial charge in [-0.15, -0.1) is 0 Å². The lowest BCUT2D eigenvalue weighted by atomic mass is 10.2. The second kappa shape index (κ2) is 6.00. The first kappa shape index (κ1) is 11.5. The van der Waals surface area contributed by atoms with Crippen LogP contribution in [0.25, 0.3) is 0 Å². The zero-order chi connectivity index (χ0) is 11.1. The molecule has 1 rings (SSSR count). The van der Waals surface area contributed by atoms with Gasteiger partial charge in [-0.2, -0.15) is 4.89 Å². The maximum Gasteiger partial charge on any atom is 0.339 e. The first-order chi connectivity index (χ1) is 7.25. The molecule has 0 aliphatic rings. The Kier molecular flexibility index (Phi) is 4.59. The van der Waals surface area contributed by atoms with Gasteiger partial charge < -0.3 is 14.7 Å². The van der Waals surface area contributed by atoms with E-state index < -0.39 is 5.97 Å². The molecule has 82 valence electrons. The molecule has 1 N–H and O–H groups in total. The predicted octanol–water partition coefficient (Wildman–Crippen LogP) is 1.69. The van der Waals surface area contributed by atoms with Crippen molar-refractivity contribution in [1.29, 1.82) is 0 Å². The van der Waals surface area contributed by atoms with E-state index in [4.69, 9.17) is 14.7 Å². The molecule has 0 bridgehead atoms. The number of carboxylic acids is 1. The second-order valence-electron chi connectivity index (χ2n) is 2.61. The fourth-order valence-electron chi connectivity index (χ4n) is 0.921. The number of hydrogen-bond acceptors (Lipinski definition) is 4. The molecule has 1 aromatic rings. The van der Waals surface area contributed by atoms with Crippen LogP contribution in [-0.4, -0.2) is 24.5 Å². The monoisotopic (exact) mass is 212 g/mol. The molecule has 0 spiro atoms. The summed E-state index contributed by atoms with van der Waals surface area (Å²) in [5.74, 6) is -0.907. The van der Waals surface area contributed by atoms with Crippen molar-refractivity contribution in [3.05, 3.63) is 29.8 Å². The highest BCUT2D eigenvalue weighted by Gasteiger charge is 2.10. The van der Waals surface area contributed by atoms with Crippen LogP contribution in [0.3, 0.4) is 0 Å². The van der Waals surface area contributed by atoms with Gasteiger partial charge in [0.15, 0.2) is 12.5 Å². The zero-order valence-electron chi connectivity index (χ0n) is 8.30. The van der Waals surface area contributed by atoms with Crippen LogP contribution in [0.1, 0.15) is 17.3 Å². The Morgan fingerprint density at radius 1 is 1.40 bits per heavy atom. The zero-order valence-corrected chi connectivity index (χ0v) is 8.30. The highest BCUT2D eigenvalue weighted by molar-refractivity contribution is 5.90. The number of benzene rings is 1. The van der Waals surface area contributed by atoms with Gasteiger partial charge in [-0.3, -0.25) is 0 Å². The third kappa shape index (κ3) is 3.57. The standard InChI is InChI=1S/C10H12O5/c1-2-13-7-14-15-9-6-4-3-5-8(9)10(11)12/h3-6H,2,7H2,1H3,(H,11,12). The number of carboxylic acid groups (broad SMARTS) is 1. The Morgan fingerprint density at radius 3 is 2.80 bits per heavy atom. The second-order valence-corrected chi connectivity index (χ2v) is 2.61. The number of ether oxygens (including phenoxy) is 1. The minimum absolute atomic E-state index is 0.0372. The molecule has 0 fully saturated rings. The highest BCUT2D eigenvalue weighted by Crippen LogP contribution is 2.17. The summed E-state index contributed by atoms with van der Waals surface area (Å²) in [5, 5.41) is 8.80. The van der Waals surface area contributed by atoms with Crippen LogP contribution < -0.4 is 4.89 Å². The Balaban J connectivity index is 2.56. The van der Waals surface area contributed by atoms with E-state index in [2.05, 4.69) is 4.89 Å². The van der Waals surface area contributed by atoms with E-state index in [1.807, 2.05) is 6.92 Å². The molecule has 0 aliphatic heterocycles. The number of hydrogen-bond donors (Lipinski definition) is 1. The molecule has 0 saturated heterocycles. The van der Waals surface area contributed by atoms with Crippen molar-refractivity contribution in [1.82, 2.24) is 0 Å². The van der Waals surface area contributed by atoms with Gasteiger partial charge in [0.1, 0.15) is 5.56 Å². The fraction of sp³-hybridized carbons (Fsp3) is 0.300. The average molecular weight is 212 g/mol. The van der Waals surface area contributed by atoms with E-state index in [9.17, 15) is 4.79 Å². The molecule has 0 unspecified atom stereocenters. The SMILES string of the molecule is CCOCOOc1ccccc1C(=O)O. The summed E-state index contributed by atoms with van der Waals surface area (Å²) in [6, 6.07) is 6.21. The summed E-state index contributed by atoms with van der Waals surface area (Å²) in [5.41, 5.74) is 0.0500. The normalized spacial score (nSPS) is 9.93. The van der Waals surface area contributed by atoms with E-state index >= 15 is 0 Å². The lowest BCUT2D eigenvalue weighted by Gasteiger charge is -2.06. The van der Waals surface area contributed by atoms with Gasteiger partial charge in [0, 0.05) is 6.61 Å². The van der Waals surface area contributed by atoms with Crippen molar-refractivity contribution in [2.45, 2.75) is 6.92 Å². The fourth-order valence-corrected chi connectivity index (χ4v) is 0.921. The molecule has 0 saturated carbocycles. The predicted molar refractivity (Wildman–Crippen MR) is 51.6 cm³/mol. The molecule has 15 heavy (non-hydrogen) atoms. The van der Waals surface area contributed by atoms with E-state index in [0.29, 0.717) is 6.61 Å². The average Bonchev–Trinajstić information content (AvgIpc) is 2.25.